The first-order valence-corrected chi connectivity index (χ1v) is 8.04. The smallest absolute Gasteiger partial charge is 0.296 e. The van der Waals surface area contributed by atoms with Crippen LogP contribution in [0, 0.1) is 0 Å². The highest BCUT2D eigenvalue weighted by molar-refractivity contribution is 6.12. The summed E-state index contributed by atoms with van der Waals surface area (Å²) in [6.45, 7) is 0. The van der Waals surface area contributed by atoms with Gasteiger partial charge in [-0.15, -0.1) is 0 Å². The molecule has 120 valence electrons. The molecule has 0 radical (unpaired) electrons. The Bertz CT molecular complexity index is 1320. The van der Waals surface area contributed by atoms with Crippen molar-refractivity contribution in [2.24, 2.45) is 7.05 Å². The molecule has 5 rings (SSSR count). The highest BCUT2D eigenvalue weighted by Gasteiger charge is 2.20. The Morgan fingerprint density at radius 1 is 0.920 bits per heavy atom. The second kappa shape index (κ2) is 5.01. The SMILES string of the molecule is Cn1c(=O)n2c3cncnc3c(-c3ccccc3)c2c2ccccc21. The maximum Gasteiger partial charge on any atom is 0.333 e. The van der Waals surface area contributed by atoms with E-state index in [0.29, 0.717) is 0 Å². The highest BCUT2D eigenvalue weighted by Crippen LogP contribution is 2.36. The number of hydrogen-bond donors (Lipinski definition) is 0. The largest absolute Gasteiger partial charge is 0.333 e. The maximum absolute atomic E-state index is 13.1. The van der Waals surface area contributed by atoms with Gasteiger partial charge in [-0.1, -0.05) is 48.5 Å². The topological polar surface area (TPSA) is 52.2 Å². The van der Waals surface area contributed by atoms with Crippen LogP contribution in [0.4, 0.5) is 0 Å². The summed E-state index contributed by atoms with van der Waals surface area (Å²) in [5.74, 6) is 0. The Labute approximate surface area is 142 Å². The highest BCUT2D eigenvalue weighted by atomic mass is 16.1. The van der Waals surface area contributed by atoms with Gasteiger partial charge in [-0.25, -0.2) is 14.8 Å². The zero-order valence-electron chi connectivity index (χ0n) is 13.5. The lowest BCUT2D eigenvalue weighted by atomic mass is 10.0. The van der Waals surface area contributed by atoms with E-state index in [1.807, 2.05) is 54.6 Å². The molecule has 0 unspecified atom stereocenters. The minimum atomic E-state index is -0.101. The third kappa shape index (κ3) is 1.80. The fourth-order valence-corrected chi connectivity index (χ4v) is 3.57. The van der Waals surface area contributed by atoms with Gasteiger partial charge < -0.3 is 0 Å². The van der Waals surface area contributed by atoms with Crippen molar-refractivity contribution in [3.63, 3.8) is 0 Å². The van der Waals surface area contributed by atoms with Gasteiger partial charge in [0.1, 0.15) is 11.8 Å². The van der Waals surface area contributed by atoms with Crippen molar-refractivity contribution >= 4 is 27.5 Å². The number of fused-ring (bicyclic) bond motifs is 5. The van der Waals surface area contributed by atoms with Crippen LogP contribution >= 0.6 is 0 Å². The summed E-state index contributed by atoms with van der Waals surface area (Å²) in [6.07, 6.45) is 3.23. The van der Waals surface area contributed by atoms with Gasteiger partial charge in [0, 0.05) is 18.0 Å². The lowest BCUT2D eigenvalue weighted by molar-refractivity contribution is 0.837. The average molecular weight is 326 g/mol. The Morgan fingerprint density at radius 2 is 1.68 bits per heavy atom. The van der Waals surface area contributed by atoms with Crippen LogP contribution < -0.4 is 5.69 Å². The predicted molar refractivity (Wildman–Crippen MR) is 98.7 cm³/mol. The van der Waals surface area contributed by atoms with Gasteiger partial charge >= 0.3 is 5.69 Å². The predicted octanol–water partition coefficient (Wildman–Crippen LogP) is 3.40. The lowest BCUT2D eigenvalue weighted by Crippen LogP contribution is -2.24. The van der Waals surface area contributed by atoms with Crippen molar-refractivity contribution in [3.8, 4) is 11.1 Å². The van der Waals surface area contributed by atoms with Crippen molar-refractivity contribution in [2.75, 3.05) is 0 Å². The fraction of sp³-hybridized carbons (Fsp3) is 0.0500. The number of aromatic nitrogens is 4. The summed E-state index contributed by atoms with van der Waals surface area (Å²) in [5, 5.41) is 1.02. The van der Waals surface area contributed by atoms with Crippen molar-refractivity contribution < 1.29 is 0 Å². The second-order valence-electron chi connectivity index (χ2n) is 6.04. The lowest BCUT2D eigenvalue weighted by Gasteiger charge is -2.09. The van der Waals surface area contributed by atoms with Crippen LogP contribution in [0.25, 0.3) is 38.6 Å². The number of nitrogens with zero attached hydrogens (tertiary/aromatic N) is 4. The van der Waals surface area contributed by atoms with Crippen molar-refractivity contribution in [1.29, 1.82) is 0 Å². The molecule has 0 N–H and O–H groups in total. The summed E-state index contributed by atoms with van der Waals surface area (Å²) in [5.41, 5.74) is 5.18. The number of benzene rings is 2. The average Bonchev–Trinajstić information content (AvgIpc) is 3.02. The van der Waals surface area contributed by atoms with Crippen LogP contribution in [0.2, 0.25) is 0 Å². The number of para-hydroxylation sites is 1. The molecule has 0 amide bonds. The van der Waals surface area contributed by atoms with Gasteiger partial charge in [-0.2, -0.15) is 0 Å². The Balaban J connectivity index is 2.18. The van der Waals surface area contributed by atoms with Crippen LogP contribution in [0.3, 0.4) is 0 Å². The summed E-state index contributed by atoms with van der Waals surface area (Å²) >= 11 is 0. The molecular weight excluding hydrogens is 312 g/mol. The number of rotatable bonds is 1. The van der Waals surface area contributed by atoms with Crippen LogP contribution in [0.5, 0.6) is 0 Å². The molecule has 0 atom stereocenters. The summed E-state index contributed by atoms with van der Waals surface area (Å²) < 4.78 is 3.39. The van der Waals surface area contributed by atoms with Crippen LogP contribution in [0.15, 0.2) is 71.9 Å². The molecule has 2 aromatic carbocycles. The molecule has 0 aliphatic carbocycles. The van der Waals surface area contributed by atoms with E-state index in [4.69, 9.17) is 0 Å². The van der Waals surface area contributed by atoms with Crippen molar-refractivity contribution in [2.45, 2.75) is 0 Å². The molecule has 0 saturated carbocycles. The fourth-order valence-electron chi connectivity index (χ4n) is 3.57. The van der Waals surface area contributed by atoms with Gasteiger partial charge in [0.2, 0.25) is 0 Å². The summed E-state index contributed by atoms with van der Waals surface area (Å²) in [6, 6.07) is 18.0. The Kier molecular flexibility index (Phi) is 2.79. The molecule has 0 fully saturated rings. The third-order valence-electron chi connectivity index (χ3n) is 4.69. The molecule has 5 heteroatoms. The van der Waals surface area contributed by atoms with E-state index >= 15 is 0 Å². The molecular formula is C20H14N4O. The normalized spacial score (nSPS) is 11.6. The number of aryl methyl sites for hydroxylation is 1. The Morgan fingerprint density at radius 3 is 2.52 bits per heavy atom. The Hall–Kier alpha value is -3.47. The van der Waals surface area contributed by atoms with Crippen molar-refractivity contribution in [3.05, 3.63) is 77.6 Å². The molecule has 0 saturated heterocycles. The molecule has 5 aromatic rings. The maximum atomic E-state index is 13.1. The van der Waals surface area contributed by atoms with E-state index in [-0.39, 0.29) is 5.69 Å². The second-order valence-corrected chi connectivity index (χ2v) is 6.04. The first-order chi connectivity index (χ1) is 12.3. The van der Waals surface area contributed by atoms with Gasteiger partial charge in [-0.05, 0) is 11.6 Å². The molecule has 25 heavy (non-hydrogen) atoms. The van der Waals surface area contributed by atoms with Crippen molar-refractivity contribution in [1.82, 2.24) is 18.9 Å². The molecule has 0 bridgehead atoms. The summed E-state index contributed by atoms with van der Waals surface area (Å²) in [7, 11) is 1.79. The van der Waals surface area contributed by atoms with Crippen LogP contribution in [-0.2, 0) is 7.05 Å². The zero-order chi connectivity index (χ0) is 17.0. The van der Waals surface area contributed by atoms with E-state index in [9.17, 15) is 4.79 Å². The van der Waals surface area contributed by atoms with Crippen LogP contribution in [-0.4, -0.2) is 18.9 Å². The van der Waals surface area contributed by atoms with E-state index in [2.05, 4.69) is 9.97 Å². The molecule has 5 nitrogen and oxygen atoms in total. The van der Waals surface area contributed by atoms with Crippen LogP contribution in [0.1, 0.15) is 0 Å². The quantitative estimate of drug-likeness (QED) is 0.474. The van der Waals surface area contributed by atoms with E-state index in [1.54, 1.807) is 22.2 Å². The van der Waals surface area contributed by atoms with E-state index in [1.165, 1.54) is 6.33 Å². The first kappa shape index (κ1) is 13.9. The van der Waals surface area contributed by atoms with Gasteiger partial charge in [-0.3, -0.25) is 8.97 Å². The van der Waals surface area contributed by atoms with Gasteiger partial charge in [0.05, 0.1) is 22.7 Å². The molecule has 3 aromatic heterocycles. The first-order valence-electron chi connectivity index (χ1n) is 8.04. The third-order valence-corrected chi connectivity index (χ3v) is 4.69. The number of hydrogen-bond acceptors (Lipinski definition) is 3. The minimum absolute atomic E-state index is 0.101. The minimum Gasteiger partial charge on any atom is -0.296 e. The molecule has 0 aliphatic heterocycles. The standard InChI is InChI=1S/C20H14N4O/c1-23-15-10-6-5-9-14(15)19-17(13-7-3-2-4-8-13)18-16(11-21-12-22-18)24(19)20(23)25/h2-12H,1H3. The summed E-state index contributed by atoms with van der Waals surface area (Å²) in [4.78, 5) is 21.7. The monoisotopic (exact) mass is 326 g/mol. The zero-order valence-corrected chi connectivity index (χ0v) is 13.5. The molecule has 0 spiro atoms. The van der Waals surface area contributed by atoms with E-state index in [0.717, 1.165) is 38.6 Å². The van der Waals surface area contributed by atoms with E-state index < -0.39 is 0 Å². The van der Waals surface area contributed by atoms with Gasteiger partial charge in [0.15, 0.2) is 0 Å². The molecule has 0 aliphatic rings. The van der Waals surface area contributed by atoms with Gasteiger partial charge in [0.25, 0.3) is 0 Å². The molecule has 3 heterocycles.